The smallest absolute Gasteiger partial charge is 0.269 e. The highest BCUT2D eigenvalue weighted by Crippen LogP contribution is 2.21. The minimum Gasteiger partial charge on any atom is -0.383 e. The van der Waals surface area contributed by atoms with Crippen LogP contribution >= 0.6 is 11.6 Å². The Morgan fingerprint density at radius 3 is 2.86 bits per heavy atom. The number of carbonyl (C=O) groups is 1. The van der Waals surface area contributed by atoms with Gasteiger partial charge < -0.3 is 15.4 Å². The summed E-state index contributed by atoms with van der Waals surface area (Å²) in [5, 5.41) is 16.9. The zero-order valence-electron chi connectivity index (χ0n) is 11.7. The van der Waals surface area contributed by atoms with Crippen LogP contribution in [0.5, 0.6) is 0 Å². The maximum absolute atomic E-state index is 11.4. The summed E-state index contributed by atoms with van der Waals surface area (Å²) in [7, 11) is 1.57. The van der Waals surface area contributed by atoms with Crippen LogP contribution in [0.15, 0.2) is 18.2 Å². The van der Waals surface area contributed by atoms with Crippen molar-refractivity contribution in [3.05, 3.63) is 38.9 Å². The Morgan fingerprint density at radius 2 is 2.19 bits per heavy atom. The topological polar surface area (TPSA) is 93.5 Å². The van der Waals surface area contributed by atoms with Crippen molar-refractivity contribution in [1.82, 2.24) is 10.6 Å². The monoisotopic (exact) mass is 315 g/mol. The molecule has 1 aromatic carbocycles. The Balaban J connectivity index is 2.34. The first-order valence-electron chi connectivity index (χ1n) is 6.43. The lowest BCUT2D eigenvalue weighted by molar-refractivity contribution is -0.384. The fraction of sp³-hybridized carbons (Fsp3) is 0.462. The number of halogens is 1. The molecular weight excluding hydrogens is 298 g/mol. The molecule has 0 saturated heterocycles. The standard InChI is InChI=1S/C13H18ClN3O4/c1-21-7-6-16-13(18)4-5-15-9-10-8-11(17(19)20)2-3-12(10)14/h2-3,8,15H,4-7,9H2,1H3,(H,16,18). The minimum atomic E-state index is -0.469. The van der Waals surface area contributed by atoms with Crippen molar-refractivity contribution in [2.24, 2.45) is 0 Å². The predicted molar refractivity (Wildman–Crippen MR) is 79.3 cm³/mol. The molecular formula is C13H18ClN3O4. The van der Waals surface area contributed by atoms with Gasteiger partial charge in [-0.15, -0.1) is 0 Å². The van der Waals surface area contributed by atoms with Gasteiger partial charge in [0, 0.05) is 50.3 Å². The van der Waals surface area contributed by atoms with E-state index in [2.05, 4.69) is 10.6 Å². The molecule has 0 unspecified atom stereocenters. The van der Waals surface area contributed by atoms with Crippen molar-refractivity contribution in [3.8, 4) is 0 Å². The predicted octanol–water partition coefficient (Wildman–Crippen LogP) is 1.49. The number of ether oxygens (including phenoxy) is 1. The van der Waals surface area contributed by atoms with E-state index in [4.69, 9.17) is 16.3 Å². The third-order valence-corrected chi connectivity index (χ3v) is 3.08. The second-order valence-corrected chi connectivity index (χ2v) is 4.71. The van der Waals surface area contributed by atoms with Crippen molar-refractivity contribution in [2.45, 2.75) is 13.0 Å². The molecule has 0 aliphatic rings. The highest BCUT2D eigenvalue weighted by molar-refractivity contribution is 6.31. The lowest BCUT2D eigenvalue weighted by atomic mass is 10.2. The largest absolute Gasteiger partial charge is 0.383 e. The van der Waals surface area contributed by atoms with Gasteiger partial charge in [0.25, 0.3) is 5.69 Å². The number of nitrogens with zero attached hydrogens (tertiary/aromatic N) is 1. The Hall–Kier alpha value is -1.70. The van der Waals surface area contributed by atoms with Crippen LogP contribution in [0.3, 0.4) is 0 Å². The number of methoxy groups -OCH3 is 1. The van der Waals surface area contributed by atoms with E-state index >= 15 is 0 Å². The van der Waals surface area contributed by atoms with E-state index in [1.807, 2.05) is 0 Å². The minimum absolute atomic E-state index is 0.00601. The SMILES string of the molecule is COCCNC(=O)CCNCc1cc([N+](=O)[O-])ccc1Cl. The van der Waals surface area contributed by atoms with Crippen LogP contribution in [0.1, 0.15) is 12.0 Å². The summed E-state index contributed by atoms with van der Waals surface area (Å²) in [6.45, 7) is 1.78. The van der Waals surface area contributed by atoms with Crippen LogP contribution < -0.4 is 10.6 Å². The van der Waals surface area contributed by atoms with Crippen LogP contribution in [0, 0.1) is 10.1 Å². The molecule has 1 amide bonds. The van der Waals surface area contributed by atoms with Crippen molar-refractivity contribution in [1.29, 1.82) is 0 Å². The number of nitro groups is 1. The number of rotatable bonds is 9. The van der Waals surface area contributed by atoms with Gasteiger partial charge in [-0.25, -0.2) is 0 Å². The van der Waals surface area contributed by atoms with Crippen LogP contribution in [0.2, 0.25) is 5.02 Å². The number of amides is 1. The van der Waals surface area contributed by atoms with E-state index < -0.39 is 4.92 Å². The maximum Gasteiger partial charge on any atom is 0.269 e. The van der Waals surface area contributed by atoms with Crippen LogP contribution in [-0.2, 0) is 16.1 Å². The van der Waals surface area contributed by atoms with Crippen LogP contribution in [-0.4, -0.2) is 37.6 Å². The van der Waals surface area contributed by atoms with Gasteiger partial charge in [-0.05, 0) is 11.6 Å². The van der Waals surface area contributed by atoms with Gasteiger partial charge >= 0.3 is 0 Å². The van der Waals surface area contributed by atoms with Gasteiger partial charge in [0.15, 0.2) is 0 Å². The lowest BCUT2D eigenvalue weighted by Gasteiger charge is -2.07. The molecule has 0 radical (unpaired) electrons. The Labute approximate surface area is 127 Å². The van der Waals surface area contributed by atoms with E-state index in [-0.39, 0.29) is 11.6 Å². The average molecular weight is 316 g/mol. The normalized spacial score (nSPS) is 10.4. The first-order chi connectivity index (χ1) is 10.0. The molecule has 0 saturated carbocycles. The van der Waals surface area contributed by atoms with E-state index in [0.717, 1.165) is 0 Å². The van der Waals surface area contributed by atoms with Crippen molar-refractivity contribution < 1.29 is 14.5 Å². The van der Waals surface area contributed by atoms with Gasteiger partial charge in [-0.3, -0.25) is 14.9 Å². The highest BCUT2D eigenvalue weighted by atomic mass is 35.5. The van der Waals surface area contributed by atoms with Crippen molar-refractivity contribution in [3.63, 3.8) is 0 Å². The lowest BCUT2D eigenvalue weighted by Crippen LogP contribution is -2.30. The molecule has 0 spiro atoms. The molecule has 0 bridgehead atoms. The van der Waals surface area contributed by atoms with Gasteiger partial charge in [0.05, 0.1) is 11.5 Å². The summed E-state index contributed by atoms with van der Waals surface area (Å²) in [4.78, 5) is 21.6. The zero-order chi connectivity index (χ0) is 15.7. The summed E-state index contributed by atoms with van der Waals surface area (Å²) >= 11 is 5.97. The first kappa shape index (κ1) is 17.4. The summed E-state index contributed by atoms with van der Waals surface area (Å²) < 4.78 is 4.82. The van der Waals surface area contributed by atoms with Gasteiger partial charge in [-0.2, -0.15) is 0 Å². The van der Waals surface area contributed by atoms with Gasteiger partial charge in [0.1, 0.15) is 0 Å². The molecule has 7 nitrogen and oxygen atoms in total. The molecule has 0 aromatic heterocycles. The molecule has 21 heavy (non-hydrogen) atoms. The van der Waals surface area contributed by atoms with Gasteiger partial charge in [0.2, 0.25) is 5.91 Å². The molecule has 1 rings (SSSR count). The highest BCUT2D eigenvalue weighted by Gasteiger charge is 2.09. The summed E-state index contributed by atoms with van der Waals surface area (Å²) in [5.74, 6) is -0.0790. The van der Waals surface area contributed by atoms with E-state index in [0.29, 0.717) is 43.2 Å². The zero-order valence-corrected chi connectivity index (χ0v) is 12.5. The second-order valence-electron chi connectivity index (χ2n) is 4.30. The van der Waals surface area contributed by atoms with Crippen LogP contribution in [0.4, 0.5) is 5.69 Å². The fourth-order valence-electron chi connectivity index (χ4n) is 1.62. The summed E-state index contributed by atoms with van der Waals surface area (Å²) in [6, 6.07) is 4.28. The van der Waals surface area contributed by atoms with Crippen LogP contribution in [0.25, 0.3) is 0 Å². The fourth-order valence-corrected chi connectivity index (χ4v) is 1.80. The number of carbonyl (C=O) groups excluding carboxylic acids is 1. The third-order valence-electron chi connectivity index (χ3n) is 2.71. The molecule has 0 heterocycles. The molecule has 0 fully saturated rings. The number of hydrogen-bond acceptors (Lipinski definition) is 5. The Morgan fingerprint density at radius 1 is 1.43 bits per heavy atom. The van der Waals surface area contributed by atoms with E-state index in [1.165, 1.54) is 18.2 Å². The number of benzene rings is 1. The molecule has 1 aromatic rings. The molecule has 116 valence electrons. The van der Waals surface area contributed by atoms with Crippen molar-refractivity contribution in [2.75, 3.05) is 26.8 Å². The third kappa shape index (κ3) is 6.52. The first-order valence-corrected chi connectivity index (χ1v) is 6.81. The Bertz CT molecular complexity index is 496. The molecule has 2 N–H and O–H groups in total. The van der Waals surface area contributed by atoms with E-state index in [1.54, 1.807) is 7.11 Å². The quantitative estimate of drug-likeness (QED) is 0.409. The number of non-ortho nitro benzene ring substituents is 1. The van der Waals surface area contributed by atoms with E-state index in [9.17, 15) is 14.9 Å². The molecule has 0 atom stereocenters. The second kappa shape index (κ2) is 9.28. The number of nitro benzene ring substituents is 1. The Kier molecular flexibility index (Phi) is 7.66. The van der Waals surface area contributed by atoms with Gasteiger partial charge in [-0.1, -0.05) is 11.6 Å². The maximum atomic E-state index is 11.4. The van der Waals surface area contributed by atoms with Crippen molar-refractivity contribution >= 4 is 23.2 Å². The molecule has 0 aliphatic heterocycles. The number of nitrogens with one attached hydrogen (secondary N) is 2. The summed E-state index contributed by atoms with van der Waals surface area (Å²) in [5.41, 5.74) is 0.624. The average Bonchev–Trinajstić information content (AvgIpc) is 2.45. The number of hydrogen-bond donors (Lipinski definition) is 2. The molecule has 8 heteroatoms. The summed E-state index contributed by atoms with van der Waals surface area (Å²) in [6.07, 6.45) is 0.316. The molecule has 0 aliphatic carbocycles.